The molecule has 11 heavy (non-hydrogen) atoms. The summed E-state index contributed by atoms with van der Waals surface area (Å²) >= 11 is 5.68. The largest absolute Gasteiger partial charge is 0.372 e. The number of rotatable bonds is 1. The predicted octanol–water partition coefficient (Wildman–Crippen LogP) is 1.46. The molecule has 0 radical (unpaired) electrons. The van der Waals surface area contributed by atoms with Gasteiger partial charge in [-0.3, -0.25) is 0 Å². The van der Waals surface area contributed by atoms with Crippen molar-refractivity contribution in [3.8, 4) is 0 Å². The molecule has 1 rings (SSSR count). The van der Waals surface area contributed by atoms with Gasteiger partial charge in [0.1, 0.15) is 5.72 Å². The summed E-state index contributed by atoms with van der Waals surface area (Å²) in [5.41, 5.74) is 4.74. The first-order valence-electron chi connectivity index (χ1n) is 3.27. The highest BCUT2D eigenvalue weighted by Crippen LogP contribution is 2.18. The van der Waals surface area contributed by atoms with Crippen LogP contribution in [0.4, 0.5) is 0 Å². The summed E-state index contributed by atoms with van der Waals surface area (Å²) in [6.45, 7) is 1.51. The molecule has 1 aromatic rings. The van der Waals surface area contributed by atoms with E-state index < -0.39 is 5.72 Å². The highest BCUT2D eigenvalue weighted by Gasteiger charge is 2.15. The molecular formula is C8H10ClNO. The van der Waals surface area contributed by atoms with Gasteiger partial charge in [0.05, 0.1) is 0 Å². The van der Waals surface area contributed by atoms with Crippen molar-refractivity contribution in [2.75, 3.05) is 0 Å². The number of halogens is 1. The van der Waals surface area contributed by atoms with Crippen LogP contribution in [0.2, 0.25) is 5.02 Å². The normalized spacial score (nSPS) is 16.0. The Labute approximate surface area is 70.6 Å². The van der Waals surface area contributed by atoms with Crippen LogP contribution in [0, 0.1) is 0 Å². The number of hydrogen-bond donors (Lipinski definition) is 2. The van der Waals surface area contributed by atoms with E-state index in [-0.39, 0.29) is 0 Å². The zero-order valence-electron chi connectivity index (χ0n) is 6.21. The molecule has 0 aliphatic rings. The fourth-order valence-electron chi connectivity index (χ4n) is 0.803. The lowest BCUT2D eigenvalue weighted by molar-refractivity contribution is 0.0647. The maximum Gasteiger partial charge on any atom is 0.136 e. The van der Waals surface area contributed by atoms with E-state index in [2.05, 4.69) is 0 Å². The van der Waals surface area contributed by atoms with Gasteiger partial charge in [-0.1, -0.05) is 23.7 Å². The third kappa shape index (κ3) is 2.19. The number of benzene rings is 1. The molecule has 0 saturated carbocycles. The van der Waals surface area contributed by atoms with Crippen LogP contribution in [0.25, 0.3) is 0 Å². The number of aliphatic hydroxyl groups is 1. The van der Waals surface area contributed by atoms with Crippen LogP contribution in [0.15, 0.2) is 24.3 Å². The zero-order valence-corrected chi connectivity index (χ0v) is 6.97. The van der Waals surface area contributed by atoms with Gasteiger partial charge in [0.2, 0.25) is 0 Å². The van der Waals surface area contributed by atoms with E-state index in [0.29, 0.717) is 10.6 Å². The minimum Gasteiger partial charge on any atom is -0.372 e. The standard InChI is InChI=1S/C8H10ClNO/c1-8(10,11)6-3-2-4-7(9)5-6/h2-5,11H,10H2,1H3. The van der Waals surface area contributed by atoms with Gasteiger partial charge in [-0.2, -0.15) is 0 Å². The maximum absolute atomic E-state index is 9.33. The molecule has 1 unspecified atom stereocenters. The van der Waals surface area contributed by atoms with E-state index in [1.165, 1.54) is 6.92 Å². The van der Waals surface area contributed by atoms with Crippen LogP contribution in [0.5, 0.6) is 0 Å². The zero-order chi connectivity index (χ0) is 8.48. The fraction of sp³-hybridized carbons (Fsp3) is 0.250. The summed E-state index contributed by atoms with van der Waals surface area (Å²) < 4.78 is 0. The fourth-order valence-corrected chi connectivity index (χ4v) is 0.994. The second-order valence-corrected chi connectivity index (χ2v) is 3.09. The van der Waals surface area contributed by atoms with Crippen molar-refractivity contribution < 1.29 is 5.11 Å². The van der Waals surface area contributed by atoms with E-state index in [1.54, 1.807) is 24.3 Å². The Balaban J connectivity index is 3.06. The Morgan fingerprint density at radius 2 is 2.18 bits per heavy atom. The van der Waals surface area contributed by atoms with Gasteiger partial charge in [0.15, 0.2) is 0 Å². The van der Waals surface area contributed by atoms with Gasteiger partial charge in [0, 0.05) is 5.02 Å². The van der Waals surface area contributed by atoms with Crippen molar-refractivity contribution in [1.82, 2.24) is 0 Å². The van der Waals surface area contributed by atoms with Gasteiger partial charge in [-0.25, -0.2) is 0 Å². The first-order valence-corrected chi connectivity index (χ1v) is 3.65. The molecule has 1 aromatic carbocycles. The summed E-state index contributed by atoms with van der Waals surface area (Å²) in [6, 6.07) is 6.85. The molecule has 0 aromatic heterocycles. The van der Waals surface area contributed by atoms with Crippen molar-refractivity contribution in [2.24, 2.45) is 5.73 Å². The van der Waals surface area contributed by atoms with E-state index in [0.717, 1.165) is 0 Å². The lowest BCUT2D eigenvalue weighted by atomic mass is 10.1. The summed E-state index contributed by atoms with van der Waals surface area (Å²) in [4.78, 5) is 0. The Morgan fingerprint density at radius 1 is 1.55 bits per heavy atom. The molecule has 0 aliphatic heterocycles. The van der Waals surface area contributed by atoms with Crippen LogP contribution < -0.4 is 5.73 Å². The van der Waals surface area contributed by atoms with E-state index in [9.17, 15) is 5.11 Å². The number of nitrogens with two attached hydrogens (primary N) is 1. The summed E-state index contributed by atoms with van der Waals surface area (Å²) in [6.07, 6.45) is 0. The molecular weight excluding hydrogens is 162 g/mol. The molecule has 0 amide bonds. The van der Waals surface area contributed by atoms with Gasteiger partial charge in [-0.15, -0.1) is 0 Å². The molecule has 60 valence electrons. The van der Waals surface area contributed by atoms with Gasteiger partial charge < -0.3 is 10.8 Å². The predicted molar refractivity (Wildman–Crippen MR) is 45.2 cm³/mol. The molecule has 0 aliphatic carbocycles. The van der Waals surface area contributed by atoms with Crippen molar-refractivity contribution >= 4 is 11.6 Å². The molecule has 1 atom stereocenters. The minimum atomic E-state index is -1.30. The van der Waals surface area contributed by atoms with E-state index >= 15 is 0 Å². The Kier molecular flexibility index (Phi) is 2.18. The molecule has 3 heteroatoms. The molecule has 2 nitrogen and oxygen atoms in total. The minimum absolute atomic E-state index is 0.577. The van der Waals surface area contributed by atoms with Crippen LogP contribution in [-0.4, -0.2) is 5.11 Å². The molecule has 0 saturated heterocycles. The van der Waals surface area contributed by atoms with Crippen molar-refractivity contribution in [2.45, 2.75) is 12.6 Å². The summed E-state index contributed by atoms with van der Waals surface area (Å²) in [7, 11) is 0. The van der Waals surface area contributed by atoms with Gasteiger partial charge in [0.25, 0.3) is 0 Å². The summed E-state index contributed by atoms with van der Waals surface area (Å²) in [5, 5.41) is 9.91. The molecule has 0 heterocycles. The van der Waals surface area contributed by atoms with Crippen molar-refractivity contribution in [1.29, 1.82) is 0 Å². The topological polar surface area (TPSA) is 46.2 Å². The second-order valence-electron chi connectivity index (χ2n) is 2.66. The summed E-state index contributed by atoms with van der Waals surface area (Å²) in [5.74, 6) is 0. The van der Waals surface area contributed by atoms with Gasteiger partial charge >= 0.3 is 0 Å². The lowest BCUT2D eigenvalue weighted by Gasteiger charge is -2.17. The first-order chi connectivity index (χ1) is 5.00. The number of hydrogen-bond acceptors (Lipinski definition) is 2. The molecule has 3 N–H and O–H groups in total. The quantitative estimate of drug-likeness (QED) is 0.629. The average Bonchev–Trinajstić information content (AvgIpc) is 1.86. The smallest absolute Gasteiger partial charge is 0.136 e. The van der Waals surface area contributed by atoms with E-state index in [1.807, 2.05) is 0 Å². The Bertz CT molecular complexity index is 255. The van der Waals surface area contributed by atoms with Gasteiger partial charge in [-0.05, 0) is 24.6 Å². The third-order valence-electron chi connectivity index (χ3n) is 1.41. The van der Waals surface area contributed by atoms with Crippen molar-refractivity contribution in [3.05, 3.63) is 34.9 Å². The lowest BCUT2D eigenvalue weighted by Crippen LogP contribution is -2.32. The highest BCUT2D eigenvalue weighted by atomic mass is 35.5. The second kappa shape index (κ2) is 2.81. The van der Waals surface area contributed by atoms with E-state index in [4.69, 9.17) is 17.3 Å². The first kappa shape index (κ1) is 8.53. The van der Waals surface area contributed by atoms with Crippen LogP contribution in [0.3, 0.4) is 0 Å². The molecule has 0 bridgehead atoms. The van der Waals surface area contributed by atoms with Crippen LogP contribution in [0.1, 0.15) is 12.5 Å². The Morgan fingerprint density at radius 3 is 2.55 bits per heavy atom. The van der Waals surface area contributed by atoms with Crippen molar-refractivity contribution in [3.63, 3.8) is 0 Å². The van der Waals surface area contributed by atoms with Crippen LogP contribution in [-0.2, 0) is 5.72 Å². The third-order valence-corrected chi connectivity index (χ3v) is 1.64. The van der Waals surface area contributed by atoms with Crippen LogP contribution >= 0.6 is 11.6 Å². The average molecular weight is 172 g/mol. The molecule has 0 fully saturated rings. The SMILES string of the molecule is CC(N)(O)c1cccc(Cl)c1. The molecule has 0 spiro atoms. The maximum atomic E-state index is 9.33. The Hall–Kier alpha value is -0.570. The highest BCUT2D eigenvalue weighted by molar-refractivity contribution is 6.30. The monoisotopic (exact) mass is 171 g/mol.